The normalized spacial score (nSPS) is 14.4. The lowest BCUT2D eigenvalue weighted by molar-refractivity contribution is 0.0949. The molecule has 0 aromatic carbocycles. The van der Waals surface area contributed by atoms with Crippen molar-refractivity contribution in [1.82, 2.24) is 15.3 Å². The molecule has 18 heavy (non-hydrogen) atoms. The summed E-state index contributed by atoms with van der Waals surface area (Å²) >= 11 is 0. The molecule has 0 unspecified atom stereocenters. The Hall–Kier alpha value is -2.17. The Bertz CT molecular complexity index is 547. The van der Waals surface area contributed by atoms with E-state index >= 15 is 0 Å². The van der Waals surface area contributed by atoms with Gasteiger partial charge in [0.25, 0.3) is 5.91 Å². The van der Waals surface area contributed by atoms with Crippen molar-refractivity contribution < 1.29 is 9.21 Å². The molecule has 2 heterocycles. The molecular weight excluding hydrogens is 230 g/mol. The van der Waals surface area contributed by atoms with E-state index in [0.717, 1.165) is 11.4 Å². The molecule has 1 saturated carbocycles. The summed E-state index contributed by atoms with van der Waals surface area (Å²) in [5, 5.41) is 2.80. The second-order valence-corrected chi connectivity index (χ2v) is 4.40. The van der Waals surface area contributed by atoms with E-state index in [1.165, 1.54) is 25.4 Å². The van der Waals surface area contributed by atoms with Gasteiger partial charge in [-0.2, -0.15) is 0 Å². The second kappa shape index (κ2) is 4.60. The molecule has 5 heteroatoms. The zero-order valence-electron chi connectivity index (χ0n) is 9.80. The fraction of sp³-hybridized carbons (Fsp3) is 0.308. The zero-order valence-corrected chi connectivity index (χ0v) is 9.80. The molecule has 0 aliphatic heterocycles. The molecule has 2 aromatic rings. The van der Waals surface area contributed by atoms with E-state index in [1.54, 1.807) is 12.4 Å². The quantitative estimate of drug-likeness (QED) is 0.890. The SMILES string of the molecule is O=C(NCc1cc(C2CC2)ncn1)c1ccoc1. The molecule has 0 bridgehead atoms. The third kappa shape index (κ3) is 2.40. The number of hydrogen-bond donors (Lipinski definition) is 1. The average molecular weight is 243 g/mol. The van der Waals surface area contributed by atoms with Crippen molar-refractivity contribution in [3.05, 3.63) is 47.9 Å². The molecule has 2 aromatic heterocycles. The fourth-order valence-corrected chi connectivity index (χ4v) is 1.78. The van der Waals surface area contributed by atoms with Gasteiger partial charge in [0.2, 0.25) is 0 Å². The van der Waals surface area contributed by atoms with Gasteiger partial charge in [0, 0.05) is 11.6 Å². The lowest BCUT2D eigenvalue weighted by Gasteiger charge is -2.04. The summed E-state index contributed by atoms with van der Waals surface area (Å²) in [6.45, 7) is 0.409. The smallest absolute Gasteiger partial charge is 0.254 e. The summed E-state index contributed by atoms with van der Waals surface area (Å²) in [7, 11) is 0. The number of nitrogens with zero attached hydrogens (tertiary/aromatic N) is 2. The number of rotatable bonds is 4. The molecule has 0 atom stereocenters. The number of amides is 1. The molecular formula is C13H13N3O2. The molecule has 5 nitrogen and oxygen atoms in total. The Labute approximate surface area is 104 Å². The van der Waals surface area contributed by atoms with Gasteiger partial charge in [-0.25, -0.2) is 9.97 Å². The van der Waals surface area contributed by atoms with Crippen LogP contribution in [0.25, 0.3) is 0 Å². The Balaban J connectivity index is 1.62. The van der Waals surface area contributed by atoms with Crippen molar-refractivity contribution in [2.24, 2.45) is 0 Å². The van der Waals surface area contributed by atoms with Crippen LogP contribution in [0.4, 0.5) is 0 Å². The van der Waals surface area contributed by atoms with Crippen molar-refractivity contribution >= 4 is 5.91 Å². The van der Waals surface area contributed by atoms with Crippen LogP contribution in [0.5, 0.6) is 0 Å². The number of aromatic nitrogens is 2. The summed E-state index contributed by atoms with van der Waals surface area (Å²) in [5.41, 5.74) is 2.44. The summed E-state index contributed by atoms with van der Waals surface area (Å²) in [6.07, 6.45) is 6.87. The minimum Gasteiger partial charge on any atom is -0.472 e. The van der Waals surface area contributed by atoms with E-state index < -0.39 is 0 Å². The highest BCUT2D eigenvalue weighted by Crippen LogP contribution is 2.38. The number of hydrogen-bond acceptors (Lipinski definition) is 4. The van der Waals surface area contributed by atoms with E-state index in [4.69, 9.17) is 4.42 Å². The van der Waals surface area contributed by atoms with E-state index in [0.29, 0.717) is 18.0 Å². The van der Waals surface area contributed by atoms with E-state index in [2.05, 4.69) is 15.3 Å². The Morgan fingerprint density at radius 2 is 2.33 bits per heavy atom. The summed E-state index contributed by atoms with van der Waals surface area (Å²) < 4.78 is 4.86. The van der Waals surface area contributed by atoms with E-state index in [9.17, 15) is 4.79 Å². The Morgan fingerprint density at radius 1 is 1.44 bits per heavy atom. The first-order valence-corrected chi connectivity index (χ1v) is 5.94. The monoisotopic (exact) mass is 243 g/mol. The molecule has 1 aliphatic carbocycles. The first kappa shape index (κ1) is 11.0. The highest BCUT2D eigenvalue weighted by molar-refractivity contribution is 5.93. The van der Waals surface area contributed by atoms with Crippen LogP contribution < -0.4 is 5.32 Å². The molecule has 92 valence electrons. The maximum Gasteiger partial charge on any atom is 0.254 e. The van der Waals surface area contributed by atoms with Crippen LogP contribution in [0, 0.1) is 0 Å². The van der Waals surface area contributed by atoms with Crippen molar-refractivity contribution in [1.29, 1.82) is 0 Å². The number of carbonyl (C=O) groups is 1. The molecule has 1 fully saturated rings. The first-order valence-electron chi connectivity index (χ1n) is 5.94. The van der Waals surface area contributed by atoms with Crippen LogP contribution in [0.2, 0.25) is 0 Å². The molecule has 0 radical (unpaired) electrons. The van der Waals surface area contributed by atoms with Gasteiger partial charge in [-0.3, -0.25) is 4.79 Å². The second-order valence-electron chi connectivity index (χ2n) is 4.40. The Kier molecular flexibility index (Phi) is 2.80. The van der Waals surface area contributed by atoms with Crippen LogP contribution >= 0.6 is 0 Å². The predicted molar refractivity (Wildman–Crippen MR) is 63.9 cm³/mol. The molecule has 0 saturated heterocycles. The van der Waals surface area contributed by atoms with Gasteiger partial charge in [-0.05, 0) is 25.0 Å². The standard InChI is InChI=1S/C13H13N3O2/c17-13(10-3-4-18-7-10)14-6-11-5-12(9-1-2-9)16-8-15-11/h3-5,7-9H,1-2,6H2,(H,14,17). The molecule has 1 N–H and O–H groups in total. The maximum absolute atomic E-state index is 11.7. The van der Waals surface area contributed by atoms with Crippen LogP contribution in [-0.2, 0) is 6.54 Å². The molecule has 0 spiro atoms. The Morgan fingerprint density at radius 3 is 3.06 bits per heavy atom. The van der Waals surface area contributed by atoms with E-state index in [1.807, 2.05) is 6.07 Å². The largest absolute Gasteiger partial charge is 0.472 e. The third-order valence-corrected chi connectivity index (χ3v) is 2.95. The minimum absolute atomic E-state index is 0.157. The van der Waals surface area contributed by atoms with Crippen LogP contribution in [0.15, 0.2) is 35.4 Å². The van der Waals surface area contributed by atoms with Crippen LogP contribution in [0.1, 0.15) is 40.5 Å². The lowest BCUT2D eigenvalue weighted by atomic mass is 10.2. The minimum atomic E-state index is -0.157. The average Bonchev–Trinajstić information content (AvgIpc) is 3.11. The van der Waals surface area contributed by atoms with Gasteiger partial charge in [0.05, 0.1) is 24.1 Å². The number of carbonyl (C=O) groups excluding carboxylic acids is 1. The summed E-state index contributed by atoms with van der Waals surface area (Å²) in [5.74, 6) is 0.437. The summed E-state index contributed by atoms with van der Waals surface area (Å²) in [4.78, 5) is 20.1. The molecule has 3 rings (SSSR count). The van der Waals surface area contributed by atoms with Gasteiger partial charge in [-0.1, -0.05) is 0 Å². The van der Waals surface area contributed by atoms with Crippen LogP contribution in [0.3, 0.4) is 0 Å². The fourth-order valence-electron chi connectivity index (χ4n) is 1.78. The van der Waals surface area contributed by atoms with Gasteiger partial charge in [0.1, 0.15) is 12.6 Å². The van der Waals surface area contributed by atoms with Crippen molar-refractivity contribution in [3.8, 4) is 0 Å². The maximum atomic E-state index is 11.7. The van der Waals surface area contributed by atoms with Gasteiger partial charge < -0.3 is 9.73 Å². The lowest BCUT2D eigenvalue weighted by Crippen LogP contribution is -2.22. The topological polar surface area (TPSA) is 68.0 Å². The third-order valence-electron chi connectivity index (χ3n) is 2.95. The first-order chi connectivity index (χ1) is 8.83. The molecule has 1 amide bonds. The number of nitrogens with one attached hydrogen (secondary N) is 1. The van der Waals surface area contributed by atoms with Crippen molar-refractivity contribution in [2.75, 3.05) is 0 Å². The predicted octanol–water partition coefficient (Wildman–Crippen LogP) is 1.88. The van der Waals surface area contributed by atoms with Crippen molar-refractivity contribution in [2.45, 2.75) is 25.3 Å². The van der Waals surface area contributed by atoms with Crippen LogP contribution in [-0.4, -0.2) is 15.9 Å². The zero-order chi connectivity index (χ0) is 12.4. The highest BCUT2D eigenvalue weighted by atomic mass is 16.3. The van der Waals surface area contributed by atoms with Gasteiger partial charge in [0.15, 0.2) is 0 Å². The van der Waals surface area contributed by atoms with E-state index in [-0.39, 0.29) is 5.91 Å². The summed E-state index contributed by atoms with van der Waals surface area (Å²) in [6, 6.07) is 3.60. The van der Waals surface area contributed by atoms with Gasteiger partial charge >= 0.3 is 0 Å². The van der Waals surface area contributed by atoms with Crippen molar-refractivity contribution in [3.63, 3.8) is 0 Å². The molecule has 1 aliphatic rings. The highest BCUT2D eigenvalue weighted by Gasteiger charge is 2.25. The number of furan rings is 1. The van der Waals surface area contributed by atoms with Gasteiger partial charge in [-0.15, -0.1) is 0 Å².